The van der Waals surface area contributed by atoms with Crippen molar-refractivity contribution < 1.29 is 0 Å². The molecule has 0 saturated heterocycles. The van der Waals surface area contributed by atoms with Gasteiger partial charge in [-0.1, -0.05) is 182 Å². The lowest BCUT2D eigenvalue weighted by Crippen LogP contribution is -2.26. The molecular formula is C55H35N. The largest absolute Gasteiger partial charge is 0.310 e. The van der Waals surface area contributed by atoms with Crippen LogP contribution in [0.2, 0.25) is 0 Å². The van der Waals surface area contributed by atoms with Gasteiger partial charge in [-0.2, -0.15) is 0 Å². The van der Waals surface area contributed by atoms with Gasteiger partial charge in [-0.05, 0) is 113 Å². The van der Waals surface area contributed by atoms with E-state index in [2.05, 4.69) is 217 Å². The maximum Gasteiger partial charge on any atom is 0.0726 e. The Kier molecular flexibility index (Phi) is 6.62. The topological polar surface area (TPSA) is 3.24 Å². The van der Waals surface area contributed by atoms with Crippen LogP contribution in [0.15, 0.2) is 212 Å². The molecule has 0 heterocycles. The van der Waals surface area contributed by atoms with Crippen molar-refractivity contribution in [1.82, 2.24) is 0 Å². The van der Waals surface area contributed by atoms with Gasteiger partial charge in [-0.3, -0.25) is 0 Å². The molecule has 260 valence electrons. The van der Waals surface area contributed by atoms with Gasteiger partial charge >= 0.3 is 0 Å². The lowest BCUT2D eigenvalue weighted by Gasteiger charge is -2.32. The molecule has 0 amide bonds. The Morgan fingerprint density at radius 1 is 0.286 bits per heavy atom. The minimum atomic E-state index is -0.431. The van der Waals surface area contributed by atoms with E-state index in [1.165, 1.54) is 88.0 Å². The molecule has 1 spiro atoms. The number of rotatable bonds is 4. The van der Waals surface area contributed by atoms with Crippen molar-refractivity contribution in [1.29, 1.82) is 0 Å². The molecule has 0 aromatic heterocycles. The molecule has 0 unspecified atom stereocenters. The van der Waals surface area contributed by atoms with Crippen molar-refractivity contribution in [3.63, 3.8) is 0 Å². The zero-order valence-corrected chi connectivity index (χ0v) is 30.7. The number of hydrogen-bond donors (Lipinski definition) is 0. The number of hydrogen-bond acceptors (Lipinski definition) is 1. The molecule has 2 aliphatic rings. The molecule has 1 heteroatoms. The van der Waals surface area contributed by atoms with Gasteiger partial charge < -0.3 is 4.90 Å². The van der Waals surface area contributed by atoms with E-state index in [0.29, 0.717) is 0 Å². The molecule has 0 fully saturated rings. The van der Waals surface area contributed by atoms with E-state index >= 15 is 0 Å². The highest BCUT2D eigenvalue weighted by atomic mass is 15.1. The average molecular weight is 710 g/mol. The van der Waals surface area contributed by atoms with Gasteiger partial charge in [0.1, 0.15) is 0 Å². The third-order valence-electron chi connectivity index (χ3n) is 12.5. The van der Waals surface area contributed by atoms with Gasteiger partial charge in [-0.15, -0.1) is 0 Å². The predicted molar refractivity (Wildman–Crippen MR) is 235 cm³/mol. The van der Waals surface area contributed by atoms with E-state index in [0.717, 1.165) is 17.1 Å². The Bertz CT molecular complexity index is 3080. The Hall–Kier alpha value is -7.22. The molecule has 12 rings (SSSR count). The summed E-state index contributed by atoms with van der Waals surface area (Å²) in [4.78, 5) is 2.50. The Morgan fingerprint density at radius 3 is 1.30 bits per heavy atom. The van der Waals surface area contributed by atoms with Crippen molar-refractivity contribution in [2.24, 2.45) is 0 Å². The first-order valence-electron chi connectivity index (χ1n) is 19.5. The number of nitrogens with zero attached hydrogens (tertiary/aromatic N) is 1. The molecule has 1 nitrogen and oxygen atoms in total. The quantitative estimate of drug-likeness (QED) is 0.164. The summed E-state index contributed by atoms with van der Waals surface area (Å²) < 4.78 is 0. The highest BCUT2D eigenvalue weighted by Gasteiger charge is 2.51. The third kappa shape index (κ3) is 4.20. The first kappa shape index (κ1) is 31.2. The standard InChI is InChI=1S/C55H35N/c1-2-15-36(16-3-1)37-29-31-38(32-30-37)56(53-28-14-24-48-42-18-5-4-17-40(42)41-19-6-7-23-47(41)54(48)53)39-33-34-46-45-22-10-13-27-51(45)55(52(46)35-39)49-25-11-8-20-43(49)44-21-9-12-26-50(44)55/h1-35H. The van der Waals surface area contributed by atoms with Crippen LogP contribution in [-0.2, 0) is 5.41 Å². The lowest BCUT2D eigenvalue weighted by molar-refractivity contribution is 0.793. The normalized spacial score (nSPS) is 13.1. The molecule has 10 aromatic rings. The summed E-state index contributed by atoms with van der Waals surface area (Å²) in [6.45, 7) is 0. The summed E-state index contributed by atoms with van der Waals surface area (Å²) in [5.41, 5.74) is 16.0. The second-order valence-electron chi connectivity index (χ2n) is 15.2. The van der Waals surface area contributed by atoms with Crippen LogP contribution in [-0.4, -0.2) is 0 Å². The minimum Gasteiger partial charge on any atom is -0.310 e. The molecule has 56 heavy (non-hydrogen) atoms. The zero-order valence-electron chi connectivity index (χ0n) is 30.7. The Morgan fingerprint density at radius 2 is 0.714 bits per heavy atom. The fourth-order valence-electron chi connectivity index (χ4n) is 10.2. The minimum absolute atomic E-state index is 0.431. The van der Waals surface area contributed by atoms with E-state index in [-0.39, 0.29) is 0 Å². The van der Waals surface area contributed by atoms with Crippen LogP contribution < -0.4 is 4.90 Å². The van der Waals surface area contributed by atoms with E-state index in [4.69, 9.17) is 0 Å². The Labute approximate surface area is 326 Å². The van der Waals surface area contributed by atoms with Gasteiger partial charge in [-0.25, -0.2) is 0 Å². The first-order valence-corrected chi connectivity index (χ1v) is 19.5. The SMILES string of the molecule is c1ccc(-c2ccc(N(c3ccc4c(c3)C3(c5ccccc5-c5ccccc53)c3ccccc3-4)c3cccc4c5ccccc5c5ccccc5c34)cc2)cc1. The van der Waals surface area contributed by atoms with Gasteiger partial charge in [0.25, 0.3) is 0 Å². The average Bonchev–Trinajstić information content (AvgIpc) is 3.74. The van der Waals surface area contributed by atoms with Crippen molar-refractivity contribution in [2.75, 3.05) is 4.90 Å². The summed E-state index contributed by atoms with van der Waals surface area (Å²) in [7, 11) is 0. The molecule has 0 atom stereocenters. The molecule has 10 aromatic carbocycles. The molecule has 0 N–H and O–H groups in total. The fraction of sp³-hybridized carbons (Fsp3) is 0.0182. The number of anilines is 3. The van der Waals surface area contributed by atoms with Crippen LogP contribution in [0, 0.1) is 0 Å². The van der Waals surface area contributed by atoms with Crippen molar-refractivity contribution in [3.05, 3.63) is 235 Å². The van der Waals surface area contributed by atoms with Crippen molar-refractivity contribution >= 4 is 49.4 Å². The van der Waals surface area contributed by atoms with Crippen LogP contribution >= 0.6 is 0 Å². The van der Waals surface area contributed by atoms with E-state index in [1.807, 2.05) is 0 Å². The summed E-state index contributed by atoms with van der Waals surface area (Å²) >= 11 is 0. The second-order valence-corrected chi connectivity index (χ2v) is 15.2. The smallest absolute Gasteiger partial charge is 0.0726 e. The summed E-state index contributed by atoms with van der Waals surface area (Å²) in [6, 6.07) is 78.8. The highest BCUT2D eigenvalue weighted by Crippen LogP contribution is 2.63. The summed E-state index contributed by atoms with van der Waals surface area (Å²) in [6.07, 6.45) is 0. The fourth-order valence-corrected chi connectivity index (χ4v) is 10.2. The summed E-state index contributed by atoms with van der Waals surface area (Å²) in [5.74, 6) is 0. The van der Waals surface area contributed by atoms with Crippen LogP contribution in [0.25, 0.3) is 65.7 Å². The Balaban J connectivity index is 1.17. The van der Waals surface area contributed by atoms with Crippen molar-refractivity contribution in [3.8, 4) is 33.4 Å². The zero-order chi connectivity index (χ0) is 36.8. The maximum absolute atomic E-state index is 2.50. The first-order chi connectivity index (χ1) is 27.8. The molecule has 0 aliphatic heterocycles. The monoisotopic (exact) mass is 709 g/mol. The van der Waals surface area contributed by atoms with E-state index in [1.54, 1.807) is 0 Å². The van der Waals surface area contributed by atoms with Gasteiger partial charge in [0.2, 0.25) is 0 Å². The highest BCUT2D eigenvalue weighted by molar-refractivity contribution is 6.28. The molecule has 2 aliphatic carbocycles. The molecule has 0 bridgehead atoms. The van der Waals surface area contributed by atoms with Gasteiger partial charge in [0, 0.05) is 16.8 Å². The van der Waals surface area contributed by atoms with Crippen LogP contribution in [0.4, 0.5) is 17.1 Å². The second kappa shape index (κ2) is 11.9. The molecular weight excluding hydrogens is 675 g/mol. The summed E-state index contributed by atoms with van der Waals surface area (Å²) in [5, 5.41) is 7.58. The van der Waals surface area contributed by atoms with E-state index in [9.17, 15) is 0 Å². The van der Waals surface area contributed by atoms with Gasteiger partial charge in [0.15, 0.2) is 0 Å². The third-order valence-corrected chi connectivity index (χ3v) is 12.5. The van der Waals surface area contributed by atoms with Crippen LogP contribution in [0.1, 0.15) is 22.3 Å². The van der Waals surface area contributed by atoms with Crippen molar-refractivity contribution in [2.45, 2.75) is 5.41 Å². The van der Waals surface area contributed by atoms with Crippen LogP contribution in [0.3, 0.4) is 0 Å². The van der Waals surface area contributed by atoms with Crippen LogP contribution in [0.5, 0.6) is 0 Å². The lowest BCUT2D eigenvalue weighted by atomic mass is 9.70. The van der Waals surface area contributed by atoms with Gasteiger partial charge in [0.05, 0.1) is 11.1 Å². The van der Waals surface area contributed by atoms with E-state index < -0.39 is 5.41 Å². The molecule has 0 saturated carbocycles. The predicted octanol–water partition coefficient (Wildman–Crippen LogP) is 14.6. The maximum atomic E-state index is 2.50. The number of fused-ring (bicyclic) bond motifs is 16. The number of benzene rings is 10. The molecule has 0 radical (unpaired) electrons.